The minimum Gasteiger partial charge on any atom is -0.466 e. The molecular weight excluding hydrogens is 441 g/mol. The van der Waals surface area contributed by atoms with Crippen molar-refractivity contribution in [1.82, 2.24) is 4.31 Å². The van der Waals surface area contributed by atoms with Crippen molar-refractivity contribution in [1.29, 1.82) is 0 Å². The molecule has 0 fully saturated rings. The molecule has 0 spiro atoms. The van der Waals surface area contributed by atoms with Crippen LogP contribution in [0.15, 0.2) is 47.4 Å². The molecule has 1 atom stereocenters. The number of sulfonamides is 1. The minimum atomic E-state index is -4.66. The van der Waals surface area contributed by atoms with E-state index in [4.69, 9.17) is 9.47 Å². The van der Waals surface area contributed by atoms with Gasteiger partial charge in [0.2, 0.25) is 0 Å². The van der Waals surface area contributed by atoms with Gasteiger partial charge >= 0.3 is 11.9 Å². The number of fused-ring (bicyclic) bond motifs is 1. The van der Waals surface area contributed by atoms with Crippen molar-refractivity contribution in [2.75, 3.05) is 13.2 Å². The van der Waals surface area contributed by atoms with Gasteiger partial charge in [0.1, 0.15) is 5.82 Å². The molecule has 1 heterocycles. The van der Waals surface area contributed by atoms with Crippen LogP contribution >= 0.6 is 0 Å². The van der Waals surface area contributed by atoms with E-state index in [1.54, 1.807) is 6.92 Å². The van der Waals surface area contributed by atoms with Crippen LogP contribution in [-0.4, -0.2) is 43.8 Å². The monoisotopic (exact) mass is 463 g/mol. The van der Waals surface area contributed by atoms with E-state index < -0.39 is 45.6 Å². The van der Waals surface area contributed by atoms with E-state index in [1.807, 2.05) is 0 Å². The van der Waals surface area contributed by atoms with Crippen molar-refractivity contribution >= 4 is 27.9 Å². The third-order valence-corrected chi connectivity index (χ3v) is 6.89. The summed E-state index contributed by atoms with van der Waals surface area (Å²) in [6, 6.07) is 8.53. The Morgan fingerprint density at radius 2 is 1.66 bits per heavy atom. The molecule has 1 unspecified atom stereocenters. The van der Waals surface area contributed by atoms with Crippen LogP contribution in [0.1, 0.15) is 41.8 Å². The Balaban J connectivity index is 2.34. The number of ether oxygens (including phenoxy) is 2. The van der Waals surface area contributed by atoms with Crippen LogP contribution in [0.4, 0.5) is 4.39 Å². The molecular formula is C22H22FNO7S. The maximum absolute atomic E-state index is 14.2. The first-order valence-corrected chi connectivity index (χ1v) is 11.3. The normalized spacial score (nSPS) is 17.8. The minimum absolute atomic E-state index is 0.0492. The quantitative estimate of drug-likeness (QED) is 0.581. The average molecular weight is 463 g/mol. The van der Waals surface area contributed by atoms with Crippen LogP contribution in [0.25, 0.3) is 0 Å². The van der Waals surface area contributed by atoms with E-state index in [-0.39, 0.29) is 29.2 Å². The van der Waals surface area contributed by atoms with Gasteiger partial charge in [-0.3, -0.25) is 9.59 Å². The predicted octanol–water partition coefficient (Wildman–Crippen LogP) is 2.69. The number of hydrogen-bond donors (Lipinski definition) is 0. The molecule has 1 amide bonds. The molecule has 0 radical (unpaired) electrons. The second kappa shape index (κ2) is 8.70. The lowest BCUT2D eigenvalue weighted by Gasteiger charge is -2.35. The number of carbonyl (C=O) groups excluding carboxylic acids is 3. The van der Waals surface area contributed by atoms with Crippen molar-refractivity contribution in [2.45, 2.75) is 37.6 Å². The lowest BCUT2D eigenvalue weighted by Crippen LogP contribution is -2.54. The number of rotatable bonds is 7. The first kappa shape index (κ1) is 23.4. The topological polar surface area (TPSA) is 107 Å². The van der Waals surface area contributed by atoms with Crippen molar-refractivity contribution in [3.05, 3.63) is 65.0 Å². The fourth-order valence-electron chi connectivity index (χ4n) is 3.67. The highest BCUT2D eigenvalue weighted by molar-refractivity contribution is 7.89. The molecule has 8 nitrogen and oxygen atoms in total. The van der Waals surface area contributed by atoms with Gasteiger partial charge in [-0.25, -0.2) is 21.9 Å². The molecule has 0 saturated carbocycles. The number of nitrogens with zero attached hydrogens (tertiary/aromatic N) is 1. The van der Waals surface area contributed by atoms with Crippen LogP contribution < -0.4 is 0 Å². The van der Waals surface area contributed by atoms with Gasteiger partial charge in [-0.2, -0.15) is 0 Å². The number of aryl methyl sites for hydroxylation is 1. The first-order valence-electron chi connectivity index (χ1n) is 9.88. The fraction of sp³-hybridized carbons (Fsp3) is 0.318. The van der Waals surface area contributed by atoms with Crippen LogP contribution in [-0.2, 0) is 34.6 Å². The summed E-state index contributed by atoms with van der Waals surface area (Å²) in [4.78, 5) is 38.8. The lowest BCUT2D eigenvalue weighted by atomic mass is 9.87. The van der Waals surface area contributed by atoms with E-state index in [2.05, 4.69) is 0 Å². The predicted molar refractivity (Wildman–Crippen MR) is 110 cm³/mol. The Morgan fingerprint density at radius 3 is 2.25 bits per heavy atom. The number of hydrogen-bond acceptors (Lipinski definition) is 7. The van der Waals surface area contributed by atoms with Crippen molar-refractivity contribution in [3.8, 4) is 0 Å². The second-order valence-corrected chi connectivity index (χ2v) is 8.93. The zero-order valence-corrected chi connectivity index (χ0v) is 18.6. The van der Waals surface area contributed by atoms with Crippen molar-refractivity contribution in [3.63, 3.8) is 0 Å². The molecule has 0 N–H and O–H groups in total. The summed E-state index contributed by atoms with van der Waals surface area (Å²) < 4.78 is 51.8. The summed E-state index contributed by atoms with van der Waals surface area (Å²) >= 11 is 0. The molecule has 0 aliphatic carbocycles. The number of esters is 2. The van der Waals surface area contributed by atoms with Crippen molar-refractivity contribution in [2.24, 2.45) is 0 Å². The summed E-state index contributed by atoms with van der Waals surface area (Å²) in [6.45, 7) is 4.55. The maximum Gasteiger partial charge on any atom is 0.338 e. The van der Waals surface area contributed by atoms with E-state index in [9.17, 15) is 27.2 Å². The molecule has 0 bridgehead atoms. The summed E-state index contributed by atoms with van der Waals surface area (Å²) in [7, 11) is -4.66. The highest BCUT2D eigenvalue weighted by Gasteiger charge is 2.62. The smallest absolute Gasteiger partial charge is 0.338 e. The van der Waals surface area contributed by atoms with E-state index in [1.165, 1.54) is 38.1 Å². The maximum atomic E-state index is 14.2. The van der Waals surface area contributed by atoms with Gasteiger partial charge in [0, 0.05) is 11.1 Å². The highest BCUT2D eigenvalue weighted by atomic mass is 32.2. The molecule has 3 rings (SSSR count). The Bertz CT molecular complexity index is 1180. The molecule has 32 heavy (non-hydrogen) atoms. The van der Waals surface area contributed by atoms with Crippen LogP contribution in [0.2, 0.25) is 0 Å². The Hall–Kier alpha value is -3.27. The number of carbonyl (C=O) groups is 3. The van der Waals surface area contributed by atoms with Crippen LogP contribution in [0, 0.1) is 12.7 Å². The molecule has 0 aromatic heterocycles. The van der Waals surface area contributed by atoms with Gasteiger partial charge in [-0.05, 0) is 51.1 Å². The fourth-order valence-corrected chi connectivity index (χ4v) is 5.33. The largest absolute Gasteiger partial charge is 0.466 e. The van der Waals surface area contributed by atoms with Gasteiger partial charge in [0.05, 0.1) is 24.5 Å². The zero-order chi connectivity index (χ0) is 23.7. The summed E-state index contributed by atoms with van der Waals surface area (Å²) in [5.41, 5.74) is -2.19. The van der Waals surface area contributed by atoms with Crippen molar-refractivity contribution < 1.29 is 36.7 Å². The molecule has 2 aromatic carbocycles. The second-order valence-electron chi connectivity index (χ2n) is 7.14. The molecule has 0 saturated heterocycles. The summed E-state index contributed by atoms with van der Waals surface area (Å²) in [6.07, 6.45) is -0.868. The van der Waals surface area contributed by atoms with Crippen LogP contribution in [0.5, 0.6) is 0 Å². The van der Waals surface area contributed by atoms with Gasteiger partial charge < -0.3 is 9.47 Å². The Labute approximate surface area is 185 Å². The lowest BCUT2D eigenvalue weighted by molar-refractivity contribution is -0.160. The standard InChI is InChI=1S/C22H22FNO7S/c1-4-30-19(25)13-22(21(27)31-5-2)18-12-15(23)8-11-17(18)20(26)24(22)32(28,29)16-9-6-14(3)7-10-16/h6-12H,4-5,13H2,1-3H3. The van der Waals surface area contributed by atoms with Gasteiger partial charge in [-0.15, -0.1) is 0 Å². The molecule has 170 valence electrons. The van der Waals surface area contributed by atoms with Gasteiger partial charge in [0.25, 0.3) is 15.9 Å². The summed E-state index contributed by atoms with van der Waals surface area (Å²) in [5, 5.41) is 0. The average Bonchev–Trinajstić information content (AvgIpc) is 2.97. The first-order chi connectivity index (χ1) is 15.1. The molecule has 1 aliphatic heterocycles. The summed E-state index contributed by atoms with van der Waals surface area (Å²) in [5.74, 6) is -4.02. The molecule has 1 aliphatic rings. The SMILES string of the molecule is CCOC(=O)CC1(C(=O)OCC)c2cc(F)ccc2C(=O)N1S(=O)(=O)c1ccc(C)cc1. The number of halogens is 1. The number of amides is 1. The Kier molecular flexibility index (Phi) is 6.36. The Morgan fingerprint density at radius 1 is 1.03 bits per heavy atom. The van der Waals surface area contributed by atoms with Gasteiger partial charge in [-0.1, -0.05) is 17.7 Å². The third-order valence-electron chi connectivity index (χ3n) is 5.07. The van der Waals surface area contributed by atoms with Crippen LogP contribution in [0.3, 0.4) is 0 Å². The highest BCUT2D eigenvalue weighted by Crippen LogP contribution is 2.46. The number of benzene rings is 2. The van der Waals surface area contributed by atoms with E-state index in [0.29, 0.717) is 4.31 Å². The molecule has 2 aromatic rings. The zero-order valence-electron chi connectivity index (χ0n) is 17.8. The third kappa shape index (κ3) is 3.75. The van der Waals surface area contributed by atoms with Gasteiger partial charge in [0.15, 0.2) is 5.54 Å². The van der Waals surface area contributed by atoms with E-state index >= 15 is 0 Å². The van der Waals surface area contributed by atoms with E-state index in [0.717, 1.165) is 23.8 Å². The molecule has 10 heteroatoms.